The third-order valence-corrected chi connectivity index (χ3v) is 8.35. The molecular weight excluding hydrogens is 735 g/mol. The van der Waals surface area contributed by atoms with E-state index in [1.54, 1.807) is 0 Å². The molecule has 0 saturated heterocycles. The zero-order valence-corrected chi connectivity index (χ0v) is 29.8. The van der Waals surface area contributed by atoms with E-state index >= 15 is 0 Å². The van der Waals surface area contributed by atoms with E-state index in [1.807, 2.05) is 65.9 Å². The van der Waals surface area contributed by atoms with Crippen LogP contribution in [0.4, 0.5) is 0 Å². The Labute approximate surface area is 283 Å². The molecule has 1 saturated carbocycles. The van der Waals surface area contributed by atoms with Gasteiger partial charge in [0.25, 0.3) is 0 Å². The van der Waals surface area contributed by atoms with Gasteiger partial charge in [0, 0.05) is 52.0 Å². The number of hydrogen-bond acceptors (Lipinski definition) is 4. The Balaban J connectivity index is 0.000000295. The van der Waals surface area contributed by atoms with Crippen LogP contribution in [-0.2, 0) is 24.9 Å². The van der Waals surface area contributed by atoms with Gasteiger partial charge in [0.1, 0.15) is 5.58 Å². The molecule has 45 heavy (non-hydrogen) atoms. The average molecular weight is 782 g/mol. The van der Waals surface area contributed by atoms with Crippen LogP contribution in [0.1, 0.15) is 104 Å². The molecule has 0 aliphatic heterocycles. The average Bonchev–Trinajstić information content (AvgIpc) is 3.64. The van der Waals surface area contributed by atoms with E-state index in [9.17, 15) is 9.90 Å². The molecule has 0 atom stereocenters. The predicted octanol–water partition coefficient (Wildman–Crippen LogP) is 11.5. The van der Waals surface area contributed by atoms with Crippen LogP contribution in [0.2, 0.25) is 0 Å². The molecule has 0 bridgehead atoms. The largest absolute Gasteiger partial charge is 0.512 e. The number of furan rings is 1. The van der Waals surface area contributed by atoms with Gasteiger partial charge < -0.3 is 14.5 Å². The van der Waals surface area contributed by atoms with Crippen molar-refractivity contribution in [1.82, 2.24) is 4.98 Å². The first kappa shape index (κ1) is 33.1. The number of ketones is 1. The van der Waals surface area contributed by atoms with Crippen LogP contribution in [0.3, 0.4) is 0 Å². The molecule has 3 aromatic carbocycles. The van der Waals surface area contributed by atoms with Crippen LogP contribution in [-0.4, -0.2) is 15.9 Å². The van der Waals surface area contributed by atoms with E-state index in [1.165, 1.54) is 42.7 Å². The number of aliphatic hydroxyl groups excluding tert-OH is 1. The van der Waals surface area contributed by atoms with Crippen LogP contribution < -0.4 is 0 Å². The first-order valence-corrected chi connectivity index (χ1v) is 16.1. The van der Waals surface area contributed by atoms with E-state index in [-0.39, 0.29) is 31.6 Å². The Kier molecular flexibility index (Phi) is 11.3. The summed E-state index contributed by atoms with van der Waals surface area (Å²) in [5.74, 6) is 0.881. The summed E-state index contributed by atoms with van der Waals surface area (Å²) in [7, 11) is 0. The molecule has 2 heterocycles. The van der Waals surface area contributed by atoms with Crippen molar-refractivity contribution >= 4 is 38.5 Å². The predicted molar refractivity (Wildman–Crippen MR) is 183 cm³/mol. The van der Waals surface area contributed by atoms with E-state index in [0.717, 1.165) is 44.1 Å². The Morgan fingerprint density at radius 2 is 1.69 bits per heavy atom. The van der Waals surface area contributed by atoms with Gasteiger partial charge in [-0.05, 0) is 70.7 Å². The molecule has 1 radical (unpaired) electrons. The van der Waals surface area contributed by atoms with Crippen molar-refractivity contribution in [3.8, 4) is 11.3 Å². The second-order valence-corrected chi connectivity index (χ2v) is 13.3. The molecule has 0 unspecified atom stereocenters. The molecule has 1 aliphatic carbocycles. The Morgan fingerprint density at radius 3 is 2.38 bits per heavy atom. The number of hydrogen-bond donors (Lipinski definition) is 1. The van der Waals surface area contributed by atoms with E-state index in [0.29, 0.717) is 30.6 Å². The standard InChI is InChI=1S/C29H26NO.C11H20O2.Ir/c1-18(2)22-16-25-24-9-5-6-10-27(24)31-29(25)26(17-22)28-23-12-11-20(19-7-3-4-8-19)15-21(23)13-14-30-28;1-8(2)5-10(12)7-11(13)6-9(3)4;/h5-6,9-16,18-19H,3-4,7-8H2,1-2H3;7-9,12H,5-6H2,1-4H3;/q-1;;/b;10-7-;/i18D;;. The molecule has 239 valence electrons. The summed E-state index contributed by atoms with van der Waals surface area (Å²) in [6.45, 7) is 11.8. The number of fused-ring (bicyclic) bond motifs is 4. The number of allylic oxidation sites excluding steroid dienone is 2. The number of nitrogens with zero attached hydrogens (tertiary/aromatic N) is 1. The zero-order chi connectivity index (χ0) is 32.3. The molecule has 2 aromatic heterocycles. The first-order valence-electron chi connectivity index (χ1n) is 16.6. The molecular formula is C40H46IrNO3-. The van der Waals surface area contributed by atoms with Gasteiger partial charge in [-0.25, -0.2) is 0 Å². The van der Waals surface area contributed by atoms with E-state index < -0.39 is 5.89 Å². The molecule has 6 rings (SSSR count). The van der Waals surface area contributed by atoms with E-state index in [2.05, 4.69) is 42.5 Å². The van der Waals surface area contributed by atoms with Gasteiger partial charge in [-0.3, -0.25) is 4.79 Å². The molecule has 5 aromatic rings. The smallest absolute Gasteiger partial charge is 0.159 e. The van der Waals surface area contributed by atoms with Crippen LogP contribution in [0.5, 0.6) is 0 Å². The number of carbonyl (C=O) groups excluding carboxylic acids is 1. The number of pyridine rings is 1. The number of aliphatic hydroxyl groups is 1. The third kappa shape index (κ3) is 8.31. The quantitative estimate of drug-likeness (QED) is 0.0967. The van der Waals surface area contributed by atoms with Crippen molar-refractivity contribution < 1.29 is 35.8 Å². The van der Waals surface area contributed by atoms with Crippen LogP contribution in [0, 0.1) is 17.9 Å². The SMILES string of the molecule is CC(C)CC(=O)/C=C(\O)CC(C)C.[2H]C(C)(C)c1[c-]c(-c2nccc3cc(C4CCCC4)ccc23)c2oc3ccccc3c2c1.[Ir]. The van der Waals surface area contributed by atoms with Gasteiger partial charge in [0.15, 0.2) is 5.78 Å². The first-order chi connectivity index (χ1) is 21.4. The van der Waals surface area contributed by atoms with Gasteiger partial charge in [0.05, 0.1) is 11.3 Å². The van der Waals surface area contributed by atoms with Crippen LogP contribution in [0.25, 0.3) is 44.0 Å². The van der Waals surface area contributed by atoms with Crippen molar-refractivity contribution in [2.24, 2.45) is 11.8 Å². The maximum absolute atomic E-state index is 11.2. The summed E-state index contributed by atoms with van der Waals surface area (Å²) in [5, 5.41) is 13.7. The monoisotopic (exact) mass is 782 g/mol. The molecule has 0 spiro atoms. The summed E-state index contributed by atoms with van der Waals surface area (Å²) in [6.07, 6.45) is 9.59. The molecule has 1 fully saturated rings. The van der Waals surface area contributed by atoms with Gasteiger partial charge in [-0.1, -0.05) is 102 Å². The molecule has 1 N–H and O–H groups in total. The Hall–Kier alpha value is -3.27. The number of rotatable bonds is 8. The summed E-state index contributed by atoms with van der Waals surface area (Å²) in [6, 6.07) is 22.6. The maximum atomic E-state index is 11.2. The maximum Gasteiger partial charge on any atom is 0.159 e. The van der Waals surface area contributed by atoms with Crippen molar-refractivity contribution in [1.29, 1.82) is 0 Å². The molecule has 5 heteroatoms. The number of carbonyl (C=O) groups is 1. The topological polar surface area (TPSA) is 63.3 Å². The molecule has 0 amide bonds. The van der Waals surface area contributed by atoms with Gasteiger partial charge >= 0.3 is 0 Å². The second kappa shape index (κ2) is 15.3. The fraction of sp³-hybridized carbons (Fsp3) is 0.400. The van der Waals surface area contributed by atoms with Crippen molar-refractivity contribution in [2.45, 2.75) is 91.9 Å². The minimum absolute atomic E-state index is 0. The number of para-hydroxylation sites is 1. The van der Waals surface area contributed by atoms with Crippen LogP contribution in [0.15, 0.2) is 77.0 Å². The summed E-state index contributed by atoms with van der Waals surface area (Å²) >= 11 is 0. The second-order valence-electron chi connectivity index (χ2n) is 13.3. The van der Waals surface area contributed by atoms with Gasteiger partial charge in [0.2, 0.25) is 0 Å². The minimum atomic E-state index is -0.776. The summed E-state index contributed by atoms with van der Waals surface area (Å²) in [4.78, 5) is 16.0. The molecule has 4 nitrogen and oxygen atoms in total. The van der Waals surface area contributed by atoms with Crippen molar-refractivity contribution in [2.75, 3.05) is 0 Å². The normalized spacial score (nSPS) is 14.6. The fourth-order valence-corrected chi connectivity index (χ4v) is 6.24. The Bertz CT molecular complexity index is 1840. The molecule has 1 aliphatic rings. The third-order valence-electron chi connectivity index (χ3n) is 8.35. The summed E-state index contributed by atoms with van der Waals surface area (Å²) in [5.41, 5.74) is 5.63. The summed E-state index contributed by atoms with van der Waals surface area (Å²) < 4.78 is 15.0. The van der Waals surface area contributed by atoms with Crippen LogP contribution >= 0.6 is 0 Å². The Morgan fingerprint density at radius 1 is 0.978 bits per heavy atom. The van der Waals surface area contributed by atoms with Crippen molar-refractivity contribution in [3.63, 3.8) is 0 Å². The number of aromatic nitrogens is 1. The van der Waals surface area contributed by atoms with E-state index in [4.69, 9.17) is 10.8 Å². The number of benzene rings is 3. The van der Waals surface area contributed by atoms with Crippen molar-refractivity contribution in [3.05, 3.63) is 89.8 Å². The minimum Gasteiger partial charge on any atom is -0.512 e. The van der Waals surface area contributed by atoms with Gasteiger partial charge in [-0.2, -0.15) is 0 Å². The van der Waals surface area contributed by atoms with Gasteiger partial charge in [-0.15, -0.1) is 17.7 Å². The zero-order valence-electron chi connectivity index (χ0n) is 28.4. The fourth-order valence-electron chi connectivity index (χ4n) is 6.24.